The second kappa shape index (κ2) is 5.78. The van der Waals surface area contributed by atoms with E-state index in [4.69, 9.17) is 5.26 Å². The van der Waals surface area contributed by atoms with Gasteiger partial charge in [0.15, 0.2) is 5.43 Å². The van der Waals surface area contributed by atoms with Crippen LogP contribution in [0.5, 0.6) is 0 Å². The average molecular weight is 304 g/mol. The van der Waals surface area contributed by atoms with Crippen LogP contribution in [0.15, 0.2) is 59.5 Å². The van der Waals surface area contributed by atoms with Crippen molar-refractivity contribution in [1.29, 1.82) is 5.26 Å². The number of benzene rings is 2. The summed E-state index contributed by atoms with van der Waals surface area (Å²) in [5.41, 5.74) is 1.82. The molecule has 3 rings (SSSR count). The fourth-order valence-corrected chi connectivity index (χ4v) is 2.66. The molecule has 0 fully saturated rings. The Morgan fingerprint density at radius 1 is 1.17 bits per heavy atom. The van der Waals surface area contributed by atoms with Crippen molar-refractivity contribution in [2.45, 2.75) is 6.42 Å². The van der Waals surface area contributed by atoms with E-state index < -0.39 is 5.97 Å². The van der Waals surface area contributed by atoms with Gasteiger partial charge in [-0.25, -0.2) is 4.79 Å². The molecule has 0 radical (unpaired) electrons. The maximum atomic E-state index is 11.8. The maximum absolute atomic E-state index is 11.8. The summed E-state index contributed by atoms with van der Waals surface area (Å²) in [6.45, 7) is 0. The van der Waals surface area contributed by atoms with E-state index in [0.717, 1.165) is 5.69 Å². The standard InChI is InChI=1S/C18H12N2O3/c19-9-8-16-17(18(22)23)15-10-14(21)7-6-12(15)11-20(16)13-4-2-1-3-5-13/h1-7,10-11H,8H2,(H,22,23). The highest BCUT2D eigenvalue weighted by molar-refractivity contribution is 5.98. The number of fused-ring (bicyclic) bond motifs is 1. The summed E-state index contributed by atoms with van der Waals surface area (Å²) >= 11 is 0. The Kier molecular flexibility index (Phi) is 3.65. The molecule has 1 aliphatic heterocycles. The number of pyridine rings is 1. The number of nitriles is 1. The first kappa shape index (κ1) is 14.5. The lowest BCUT2D eigenvalue weighted by molar-refractivity contribution is 0.0696. The minimum Gasteiger partial charge on any atom is -0.478 e. The molecule has 0 spiro atoms. The van der Waals surface area contributed by atoms with E-state index in [-0.39, 0.29) is 17.4 Å². The van der Waals surface area contributed by atoms with Gasteiger partial charge in [-0.2, -0.15) is 5.26 Å². The van der Waals surface area contributed by atoms with Crippen molar-refractivity contribution in [3.05, 3.63) is 76.2 Å². The van der Waals surface area contributed by atoms with Crippen molar-refractivity contribution in [3.63, 3.8) is 0 Å². The van der Waals surface area contributed by atoms with Crippen LogP contribution < -0.4 is 5.43 Å². The molecule has 1 heterocycles. The molecule has 5 nitrogen and oxygen atoms in total. The monoisotopic (exact) mass is 304 g/mol. The Morgan fingerprint density at radius 2 is 1.91 bits per heavy atom. The second-order valence-electron chi connectivity index (χ2n) is 5.05. The Morgan fingerprint density at radius 3 is 2.57 bits per heavy atom. The molecular formula is C18H12N2O3. The molecule has 0 saturated carbocycles. The summed E-state index contributed by atoms with van der Waals surface area (Å²) in [7, 11) is 0. The molecule has 2 aliphatic rings. The molecule has 0 saturated heterocycles. The molecule has 0 atom stereocenters. The van der Waals surface area contributed by atoms with Gasteiger partial charge in [0, 0.05) is 17.4 Å². The van der Waals surface area contributed by atoms with Gasteiger partial charge < -0.3 is 9.67 Å². The quantitative estimate of drug-likeness (QED) is 0.806. The maximum Gasteiger partial charge on any atom is 0.338 e. The predicted octanol–water partition coefficient (Wildman–Crippen LogP) is 2.71. The van der Waals surface area contributed by atoms with Crippen molar-refractivity contribution >= 4 is 5.97 Å². The third kappa shape index (κ3) is 2.58. The zero-order valence-electron chi connectivity index (χ0n) is 12.1. The number of hydrogen-bond donors (Lipinski definition) is 1. The smallest absolute Gasteiger partial charge is 0.338 e. The number of hydrogen-bond acceptors (Lipinski definition) is 3. The molecule has 23 heavy (non-hydrogen) atoms. The largest absolute Gasteiger partial charge is 0.478 e. The van der Waals surface area contributed by atoms with Crippen molar-refractivity contribution in [2.24, 2.45) is 0 Å². The summed E-state index contributed by atoms with van der Waals surface area (Å²) in [6.07, 6.45) is 1.68. The van der Waals surface area contributed by atoms with Crippen molar-refractivity contribution in [1.82, 2.24) is 4.57 Å². The van der Waals surface area contributed by atoms with E-state index in [1.54, 1.807) is 16.8 Å². The van der Waals surface area contributed by atoms with Crippen molar-refractivity contribution in [3.8, 4) is 22.9 Å². The van der Waals surface area contributed by atoms with Crippen LogP contribution in [0.25, 0.3) is 16.8 Å². The molecule has 1 aromatic rings. The fraction of sp³-hybridized carbons (Fsp3) is 0.0556. The van der Waals surface area contributed by atoms with Gasteiger partial charge in [-0.1, -0.05) is 18.2 Å². The highest BCUT2D eigenvalue weighted by Gasteiger charge is 2.22. The minimum absolute atomic E-state index is 0.00870. The zero-order valence-corrected chi connectivity index (χ0v) is 12.1. The third-order valence-corrected chi connectivity index (χ3v) is 3.64. The topological polar surface area (TPSA) is 83.1 Å². The number of para-hydroxylation sites is 1. The number of rotatable bonds is 3. The zero-order chi connectivity index (χ0) is 16.4. The predicted molar refractivity (Wildman–Crippen MR) is 84.9 cm³/mol. The molecule has 112 valence electrons. The summed E-state index contributed by atoms with van der Waals surface area (Å²) in [6, 6.07) is 15.5. The van der Waals surface area contributed by atoms with Crippen LogP contribution >= 0.6 is 0 Å². The first-order chi connectivity index (χ1) is 11.1. The van der Waals surface area contributed by atoms with E-state index in [0.29, 0.717) is 16.8 Å². The Bertz CT molecular complexity index is 952. The second-order valence-corrected chi connectivity index (χ2v) is 5.05. The third-order valence-electron chi connectivity index (χ3n) is 3.64. The number of nitrogens with zero attached hydrogens (tertiary/aromatic N) is 2. The summed E-state index contributed by atoms with van der Waals surface area (Å²) < 4.78 is 1.69. The van der Waals surface area contributed by atoms with Gasteiger partial charge in [0.05, 0.1) is 23.7 Å². The summed E-state index contributed by atoms with van der Waals surface area (Å²) in [5, 5.41) is 18.7. The number of carboxylic acids is 1. The Hall–Kier alpha value is -3.39. The van der Waals surface area contributed by atoms with Crippen molar-refractivity contribution in [2.75, 3.05) is 0 Å². The average Bonchev–Trinajstić information content (AvgIpc) is 2.55. The summed E-state index contributed by atoms with van der Waals surface area (Å²) in [4.78, 5) is 23.4. The van der Waals surface area contributed by atoms with Gasteiger partial charge in [0.2, 0.25) is 0 Å². The molecular weight excluding hydrogens is 292 g/mol. The molecule has 5 heteroatoms. The van der Waals surface area contributed by atoms with Crippen LogP contribution in [-0.4, -0.2) is 15.6 Å². The number of aromatic carboxylic acids is 1. The van der Waals surface area contributed by atoms with Gasteiger partial charge in [-0.15, -0.1) is 0 Å². The molecule has 0 bridgehead atoms. The fourth-order valence-electron chi connectivity index (χ4n) is 2.66. The minimum atomic E-state index is -1.16. The molecule has 1 aliphatic carbocycles. The van der Waals surface area contributed by atoms with Gasteiger partial charge >= 0.3 is 5.97 Å². The summed E-state index contributed by atoms with van der Waals surface area (Å²) in [5.74, 6) is -1.16. The lowest BCUT2D eigenvalue weighted by Gasteiger charge is -2.20. The van der Waals surface area contributed by atoms with Crippen LogP contribution in [-0.2, 0) is 6.42 Å². The molecule has 1 aromatic carbocycles. The first-order valence-corrected chi connectivity index (χ1v) is 6.96. The van der Waals surface area contributed by atoms with E-state index in [1.807, 2.05) is 36.4 Å². The Labute approximate surface area is 132 Å². The van der Waals surface area contributed by atoms with Crippen LogP contribution in [0, 0.1) is 11.3 Å². The van der Waals surface area contributed by atoms with Gasteiger partial charge in [0.25, 0.3) is 0 Å². The molecule has 1 N–H and O–H groups in total. The van der Waals surface area contributed by atoms with Crippen LogP contribution in [0.1, 0.15) is 16.1 Å². The van der Waals surface area contributed by atoms with Gasteiger partial charge in [0.1, 0.15) is 0 Å². The lowest BCUT2D eigenvalue weighted by atomic mass is 9.96. The number of aromatic nitrogens is 1. The van der Waals surface area contributed by atoms with Gasteiger partial charge in [-0.3, -0.25) is 4.79 Å². The highest BCUT2D eigenvalue weighted by Crippen LogP contribution is 2.30. The van der Waals surface area contributed by atoms with Crippen LogP contribution in [0.4, 0.5) is 0 Å². The van der Waals surface area contributed by atoms with Crippen LogP contribution in [0.3, 0.4) is 0 Å². The van der Waals surface area contributed by atoms with Crippen molar-refractivity contribution < 1.29 is 9.90 Å². The molecule has 0 unspecified atom stereocenters. The molecule has 0 amide bonds. The highest BCUT2D eigenvalue weighted by atomic mass is 16.4. The lowest BCUT2D eigenvalue weighted by Crippen LogP contribution is -2.16. The number of carbonyl (C=O) groups is 1. The normalized spacial score (nSPS) is 10.4. The first-order valence-electron chi connectivity index (χ1n) is 6.96. The van der Waals surface area contributed by atoms with E-state index in [2.05, 4.69) is 0 Å². The van der Waals surface area contributed by atoms with E-state index in [9.17, 15) is 14.7 Å². The Balaban J connectivity index is 2.46. The number of carboxylic acid groups (broad SMARTS) is 1. The van der Waals surface area contributed by atoms with E-state index in [1.165, 1.54) is 12.1 Å². The van der Waals surface area contributed by atoms with Gasteiger partial charge in [-0.05, 0) is 35.9 Å². The molecule has 0 aromatic heterocycles. The van der Waals surface area contributed by atoms with E-state index >= 15 is 0 Å². The SMILES string of the molecule is N#CCc1c(C(=O)O)c2cc(=O)ccc-2cn1-c1ccccc1. The van der Waals surface area contributed by atoms with Crippen LogP contribution in [0.2, 0.25) is 0 Å².